The summed E-state index contributed by atoms with van der Waals surface area (Å²) in [6.45, 7) is 3.42. The maximum Gasteiger partial charge on any atom is 0.308 e. The van der Waals surface area contributed by atoms with Crippen LogP contribution in [0, 0.1) is 27.4 Å². The van der Waals surface area contributed by atoms with Crippen molar-refractivity contribution >= 4 is 5.97 Å². The highest BCUT2D eigenvalue weighted by Crippen LogP contribution is 2.61. The molecule has 1 aromatic rings. The van der Waals surface area contributed by atoms with E-state index in [0.29, 0.717) is 18.1 Å². The molecule has 1 aromatic carbocycles. The lowest BCUT2D eigenvalue weighted by atomic mass is 9.54. The van der Waals surface area contributed by atoms with Gasteiger partial charge in [0, 0.05) is 12.8 Å². The second kappa shape index (κ2) is 6.48. The van der Waals surface area contributed by atoms with Gasteiger partial charge in [0.1, 0.15) is 11.9 Å². The van der Waals surface area contributed by atoms with E-state index in [1.807, 2.05) is 12.1 Å². The largest absolute Gasteiger partial charge is 0.427 e. The van der Waals surface area contributed by atoms with E-state index in [0.717, 1.165) is 36.8 Å². The van der Waals surface area contributed by atoms with E-state index in [-0.39, 0.29) is 23.2 Å². The molecule has 2 fully saturated rings. The fourth-order valence-electron chi connectivity index (χ4n) is 6.02. The Morgan fingerprint density at radius 3 is 2.81 bits per heavy atom. The summed E-state index contributed by atoms with van der Waals surface area (Å²) in [5, 5.41) is 21.0. The number of rotatable bonds is 3. The zero-order valence-electron chi connectivity index (χ0n) is 15.6. The molecule has 0 radical (unpaired) electrons. The van der Waals surface area contributed by atoms with E-state index in [2.05, 4.69) is 6.92 Å². The number of ether oxygens (including phenoxy) is 1. The first kappa shape index (κ1) is 18.2. The molecule has 2 unspecified atom stereocenters. The number of esters is 1. The van der Waals surface area contributed by atoms with Crippen molar-refractivity contribution in [3.05, 3.63) is 39.4 Å². The first-order valence-electron chi connectivity index (χ1n) is 9.60. The number of fused-ring (bicyclic) bond motifs is 5. The molecule has 146 valence electrons. The molecule has 3 aliphatic carbocycles. The molecule has 27 heavy (non-hydrogen) atoms. The van der Waals surface area contributed by atoms with Gasteiger partial charge in [-0.05, 0) is 72.6 Å². The Bertz CT molecular complexity index is 780. The zero-order chi connectivity index (χ0) is 19.3. The third-order valence-corrected chi connectivity index (χ3v) is 7.08. The van der Waals surface area contributed by atoms with Gasteiger partial charge in [-0.25, -0.2) is 0 Å². The van der Waals surface area contributed by atoms with E-state index >= 15 is 0 Å². The SMILES string of the molecule is CC(=O)Oc1ccc2c(c1)CC[C@@H]1C2[C@@H](O[N+](=O)[O-])C[C@@]2(C)C1CC[C@@H]2O. The topological polar surface area (TPSA) is 98.9 Å². The van der Waals surface area contributed by atoms with Gasteiger partial charge in [-0.3, -0.25) is 4.79 Å². The first-order chi connectivity index (χ1) is 12.8. The Labute approximate surface area is 157 Å². The maximum atomic E-state index is 11.2. The Morgan fingerprint density at radius 2 is 2.11 bits per heavy atom. The van der Waals surface area contributed by atoms with Crippen LogP contribution in [0.5, 0.6) is 5.75 Å². The van der Waals surface area contributed by atoms with Crippen LogP contribution < -0.4 is 4.74 Å². The Hall–Kier alpha value is -2.15. The molecule has 0 bridgehead atoms. The third-order valence-electron chi connectivity index (χ3n) is 7.08. The van der Waals surface area contributed by atoms with Crippen molar-refractivity contribution in [3.8, 4) is 5.75 Å². The lowest BCUT2D eigenvalue weighted by Crippen LogP contribution is -2.51. The fourth-order valence-corrected chi connectivity index (χ4v) is 6.02. The number of carbonyl (C=O) groups is 1. The van der Waals surface area contributed by atoms with Crippen LogP contribution in [0.3, 0.4) is 0 Å². The van der Waals surface area contributed by atoms with Crippen LogP contribution in [0.25, 0.3) is 0 Å². The lowest BCUT2D eigenvalue weighted by molar-refractivity contribution is -0.771. The molecule has 0 saturated heterocycles. The molecule has 6 atom stereocenters. The molecule has 1 N–H and O–H groups in total. The lowest BCUT2D eigenvalue weighted by Gasteiger charge is -2.52. The molecule has 7 nitrogen and oxygen atoms in total. The molecule has 2 saturated carbocycles. The van der Waals surface area contributed by atoms with Crippen molar-refractivity contribution in [2.24, 2.45) is 17.3 Å². The molecule has 0 aromatic heterocycles. The van der Waals surface area contributed by atoms with Gasteiger partial charge >= 0.3 is 5.97 Å². The summed E-state index contributed by atoms with van der Waals surface area (Å²) < 4.78 is 5.20. The summed E-state index contributed by atoms with van der Waals surface area (Å²) >= 11 is 0. The van der Waals surface area contributed by atoms with E-state index in [1.165, 1.54) is 6.92 Å². The quantitative estimate of drug-likeness (QED) is 0.377. The molecular weight excluding hydrogens is 350 g/mol. The zero-order valence-corrected chi connectivity index (χ0v) is 15.6. The molecule has 4 rings (SSSR count). The normalized spacial score (nSPS) is 36.9. The minimum atomic E-state index is -0.700. The number of aliphatic hydroxyl groups excluding tert-OH is 1. The average Bonchev–Trinajstić information content (AvgIpc) is 2.88. The summed E-state index contributed by atoms with van der Waals surface area (Å²) in [5.74, 6) is 0.646. The molecule has 0 amide bonds. The Kier molecular flexibility index (Phi) is 4.37. The predicted molar refractivity (Wildman–Crippen MR) is 95.6 cm³/mol. The van der Waals surface area contributed by atoms with E-state index in [9.17, 15) is 20.0 Å². The number of aryl methyl sites for hydroxylation is 1. The average molecular weight is 375 g/mol. The summed E-state index contributed by atoms with van der Waals surface area (Å²) in [7, 11) is 0. The molecule has 0 aliphatic heterocycles. The van der Waals surface area contributed by atoms with Gasteiger partial charge in [-0.2, -0.15) is 0 Å². The van der Waals surface area contributed by atoms with Gasteiger partial charge < -0.3 is 14.7 Å². The number of hydrogen-bond acceptors (Lipinski definition) is 6. The number of carbonyl (C=O) groups excluding carboxylic acids is 1. The minimum absolute atomic E-state index is 0.0751. The van der Waals surface area contributed by atoms with Crippen molar-refractivity contribution in [3.63, 3.8) is 0 Å². The predicted octanol–water partition coefficient (Wildman–Crippen LogP) is 3.02. The van der Waals surface area contributed by atoms with E-state index < -0.39 is 17.3 Å². The van der Waals surface area contributed by atoms with Crippen molar-refractivity contribution in [1.82, 2.24) is 0 Å². The number of benzene rings is 1. The number of aliphatic hydroxyl groups is 1. The van der Waals surface area contributed by atoms with E-state index in [1.54, 1.807) is 6.07 Å². The minimum Gasteiger partial charge on any atom is -0.427 e. The van der Waals surface area contributed by atoms with Crippen molar-refractivity contribution in [1.29, 1.82) is 0 Å². The van der Waals surface area contributed by atoms with E-state index in [4.69, 9.17) is 9.57 Å². The molecule has 7 heteroatoms. The second-order valence-corrected chi connectivity index (χ2v) is 8.46. The van der Waals surface area contributed by atoms with Crippen LogP contribution >= 0.6 is 0 Å². The molecule has 0 heterocycles. The smallest absolute Gasteiger partial charge is 0.308 e. The van der Waals surface area contributed by atoms with Gasteiger partial charge in [0.05, 0.1) is 6.10 Å². The standard InChI is InChI=1S/C20H25NO6/c1-11(22)26-13-4-6-14-12(9-13)3-5-15-16-7-8-18(23)20(16,2)10-17(19(14)15)27-21(24)25/h4,6,9,15-19,23H,3,5,7-8,10H2,1-2H3/t15-,16?,17-,18-,19?,20-/m0/s1. The van der Waals surface area contributed by atoms with Crippen LogP contribution in [-0.2, 0) is 16.1 Å². The Balaban J connectivity index is 1.73. The van der Waals surface area contributed by atoms with Gasteiger partial charge in [-0.15, -0.1) is 10.1 Å². The fraction of sp³-hybridized carbons (Fsp3) is 0.650. The number of nitrogens with zero attached hydrogens (tertiary/aromatic N) is 1. The van der Waals surface area contributed by atoms with Crippen molar-refractivity contribution in [2.75, 3.05) is 0 Å². The van der Waals surface area contributed by atoms with Gasteiger partial charge in [0.15, 0.2) is 0 Å². The summed E-state index contributed by atoms with van der Waals surface area (Å²) in [5.41, 5.74) is 1.78. The summed E-state index contributed by atoms with van der Waals surface area (Å²) in [6, 6.07) is 5.55. The van der Waals surface area contributed by atoms with Crippen LogP contribution in [0.4, 0.5) is 0 Å². The van der Waals surface area contributed by atoms with Gasteiger partial charge in [0.2, 0.25) is 0 Å². The highest BCUT2D eigenvalue weighted by Gasteiger charge is 2.58. The highest BCUT2D eigenvalue weighted by molar-refractivity contribution is 5.69. The van der Waals surface area contributed by atoms with Gasteiger partial charge in [-0.1, -0.05) is 13.0 Å². The van der Waals surface area contributed by atoms with Crippen molar-refractivity contribution in [2.45, 2.75) is 64.1 Å². The Morgan fingerprint density at radius 1 is 1.33 bits per heavy atom. The summed E-state index contributed by atoms with van der Waals surface area (Å²) in [6.07, 6.45) is 2.89. The third kappa shape index (κ3) is 2.98. The summed E-state index contributed by atoms with van der Waals surface area (Å²) in [4.78, 5) is 27.6. The second-order valence-electron chi connectivity index (χ2n) is 8.46. The molecule has 0 spiro atoms. The number of hydrogen-bond donors (Lipinski definition) is 1. The van der Waals surface area contributed by atoms with Gasteiger partial charge in [0.25, 0.3) is 5.09 Å². The highest BCUT2D eigenvalue weighted by atomic mass is 17.0. The van der Waals surface area contributed by atoms with Crippen LogP contribution in [0.2, 0.25) is 0 Å². The van der Waals surface area contributed by atoms with Crippen LogP contribution in [0.15, 0.2) is 18.2 Å². The first-order valence-corrected chi connectivity index (χ1v) is 9.60. The van der Waals surface area contributed by atoms with Crippen LogP contribution in [0.1, 0.15) is 56.6 Å². The molecular formula is C20H25NO6. The monoisotopic (exact) mass is 375 g/mol. The maximum absolute atomic E-state index is 11.2. The van der Waals surface area contributed by atoms with Crippen LogP contribution in [-0.4, -0.2) is 28.4 Å². The molecule has 3 aliphatic rings. The van der Waals surface area contributed by atoms with Crippen molar-refractivity contribution < 1.29 is 24.6 Å².